The zero-order valence-corrected chi connectivity index (χ0v) is 19.0. The van der Waals surface area contributed by atoms with Crippen LogP contribution in [0.4, 0.5) is 0 Å². The van der Waals surface area contributed by atoms with Gasteiger partial charge in [0, 0.05) is 24.6 Å². The van der Waals surface area contributed by atoms with E-state index in [2.05, 4.69) is 46.7 Å². The lowest BCUT2D eigenvalue weighted by Gasteiger charge is -2.23. The van der Waals surface area contributed by atoms with Gasteiger partial charge in [-0.05, 0) is 47.6 Å². The molecule has 2 heterocycles. The van der Waals surface area contributed by atoms with Gasteiger partial charge in [0.25, 0.3) is 5.56 Å². The quantitative estimate of drug-likeness (QED) is 0.432. The SMILES string of the molecule is COCCNC1CCc2c(sc3ncn(Cc4cccc(-c5ccccc5)c4)c(=O)c23)C1. The Morgan fingerprint density at radius 2 is 2.00 bits per heavy atom. The predicted molar refractivity (Wildman–Crippen MR) is 131 cm³/mol. The van der Waals surface area contributed by atoms with E-state index in [0.717, 1.165) is 47.2 Å². The van der Waals surface area contributed by atoms with E-state index in [1.54, 1.807) is 29.3 Å². The van der Waals surface area contributed by atoms with Gasteiger partial charge in [-0.1, -0.05) is 48.5 Å². The normalized spacial score (nSPS) is 15.7. The summed E-state index contributed by atoms with van der Waals surface area (Å²) in [6.07, 6.45) is 4.62. The van der Waals surface area contributed by atoms with Crippen molar-refractivity contribution in [3.63, 3.8) is 0 Å². The van der Waals surface area contributed by atoms with Gasteiger partial charge < -0.3 is 10.1 Å². The second kappa shape index (κ2) is 9.36. The fourth-order valence-corrected chi connectivity index (χ4v) is 5.79. The first-order chi connectivity index (χ1) is 15.7. The highest BCUT2D eigenvalue weighted by Gasteiger charge is 2.25. The van der Waals surface area contributed by atoms with Crippen LogP contribution in [-0.4, -0.2) is 35.9 Å². The van der Waals surface area contributed by atoms with Gasteiger partial charge in [0.2, 0.25) is 0 Å². The highest BCUT2D eigenvalue weighted by atomic mass is 32.1. The Kier molecular flexibility index (Phi) is 6.17. The number of methoxy groups -OCH3 is 1. The maximum absolute atomic E-state index is 13.4. The molecule has 5 nitrogen and oxygen atoms in total. The standard InChI is InChI=1S/C26H27N3O2S/c1-31-13-12-27-21-10-11-22-23(15-21)32-25-24(22)26(30)29(17-28-25)16-18-6-5-9-20(14-18)19-7-3-2-4-8-19/h2-9,14,17,21,27H,10-13,15-16H2,1H3. The lowest BCUT2D eigenvalue weighted by molar-refractivity contribution is 0.194. The third-order valence-corrected chi connectivity index (χ3v) is 7.32. The molecule has 0 amide bonds. The van der Waals surface area contributed by atoms with Crippen molar-refractivity contribution in [2.24, 2.45) is 0 Å². The summed E-state index contributed by atoms with van der Waals surface area (Å²) < 4.78 is 6.90. The van der Waals surface area contributed by atoms with Crippen LogP contribution >= 0.6 is 11.3 Å². The average Bonchev–Trinajstić information content (AvgIpc) is 3.20. The number of aromatic nitrogens is 2. The number of thiophene rings is 1. The van der Waals surface area contributed by atoms with Crippen LogP contribution in [0.3, 0.4) is 0 Å². The van der Waals surface area contributed by atoms with Crippen molar-refractivity contribution in [2.75, 3.05) is 20.3 Å². The molecule has 1 N–H and O–H groups in total. The van der Waals surface area contributed by atoms with E-state index in [1.807, 2.05) is 18.2 Å². The molecule has 0 fully saturated rings. The number of aryl methyl sites for hydroxylation is 1. The van der Waals surface area contributed by atoms with Crippen molar-refractivity contribution >= 4 is 21.6 Å². The molecule has 1 unspecified atom stereocenters. The van der Waals surface area contributed by atoms with Crippen LogP contribution < -0.4 is 10.9 Å². The highest BCUT2D eigenvalue weighted by molar-refractivity contribution is 7.18. The van der Waals surface area contributed by atoms with Crippen molar-refractivity contribution in [3.8, 4) is 11.1 Å². The number of benzene rings is 2. The lowest BCUT2D eigenvalue weighted by atomic mass is 9.93. The van der Waals surface area contributed by atoms with Crippen LogP contribution in [0.1, 0.15) is 22.4 Å². The monoisotopic (exact) mass is 445 g/mol. The van der Waals surface area contributed by atoms with Gasteiger partial charge in [0.15, 0.2) is 0 Å². The first kappa shape index (κ1) is 21.1. The van der Waals surface area contributed by atoms with Crippen LogP contribution in [0.15, 0.2) is 65.7 Å². The summed E-state index contributed by atoms with van der Waals surface area (Å²) in [5, 5.41) is 4.38. The summed E-state index contributed by atoms with van der Waals surface area (Å²) in [4.78, 5) is 20.2. The van der Waals surface area contributed by atoms with Crippen LogP contribution in [0.2, 0.25) is 0 Å². The van der Waals surface area contributed by atoms with Crippen molar-refractivity contribution in [1.29, 1.82) is 0 Å². The molecule has 164 valence electrons. The summed E-state index contributed by atoms with van der Waals surface area (Å²) in [6.45, 7) is 2.09. The molecule has 5 rings (SSSR count). The molecule has 0 bridgehead atoms. The number of nitrogens with zero attached hydrogens (tertiary/aromatic N) is 2. The van der Waals surface area contributed by atoms with E-state index < -0.39 is 0 Å². The molecule has 1 aliphatic rings. The van der Waals surface area contributed by atoms with E-state index in [9.17, 15) is 4.79 Å². The first-order valence-electron chi connectivity index (χ1n) is 11.1. The fourth-order valence-electron chi connectivity index (χ4n) is 4.53. The average molecular weight is 446 g/mol. The third-order valence-electron chi connectivity index (χ3n) is 6.16. The van der Waals surface area contributed by atoms with Gasteiger partial charge in [0.05, 0.1) is 24.9 Å². The van der Waals surface area contributed by atoms with Gasteiger partial charge in [-0.2, -0.15) is 0 Å². The molecule has 4 aromatic rings. The molecule has 6 heteroatoms. The van der Waals surface area contributed by atoms with Crippen LogP contribution in [0, 0.1) is 0 Å². The molecule has 2 aromatic carbocycles. The Morgan fingerprint density at radius 1 is 1.16 bits per heavy atom. The van der Waals surface area contributed by atoms with E-state index in [4.69, 9.17) is 4.74 Å². The Bertz CT molecular complexity index is 1280. The molecular weight excluding hydrogens is 418 g/mol. The molecule has 2 aromatic heterocycles. The molecule has 32 heavy (non-hydrogen) atoms. The highest BCUT2D eigenvalue weighted by Crippen LogP contribution is 2.33. The maximum Gasteiger partial charge on any atom is 0.262 e. The van der Waals surface area contributed by atoms with Crippen LogP contribution in [0.25, 0.3) is 21.3 Å². The second-order valence-corrected chi connectivity index (χ2v) is 9.40. The number of fused-ring (bicyclic) bond motifs is 3. The Hall–Kier alpha value is -2.80. The first-order valence-corrected chi connectivity index (χ1v) is 11.9. The molecule has 0 saturated carbocycles. The van der Waals surface area contributed by atoms with Crippen molar-refractivity contribution in [3.05, 3.63) is 87.3 Å². The van der Waals surface area contributed by atoms with Gasteiger partial charge >= 0.3 is 0 Å². The summed E-state index contributed by atoms with van der Waals surface area (Å²) in [6, 6.07) is 19.1. The number of ether oxygens (including phenoxy) is 1. The molecule has 0 radical (unpaired) electrons. The van der Waals surface area contributed by atoms with Gasteiger partial charge in [-0.3, -0.25) is 9.36 Å². The fraction of sp³-hybridized carbons (Fsp3) is 0.308. The van der Waals surface area contributed by atoms with E-state index in [1.165, 1.54) is 16.0 Å². The third kappa shape index (κ3) is 4.26. The minimum atomic E-state index is 0.0726. The Morgan fingerprint density at radius 3 is 2.84 bits per heavy atom. The molecule has 0 saturated heterocycles. The van der Waals surface area contributed by atoms with E-state index in [0.29, 0.717) is 19.2 Å². The van der Waals surface area contributed by atoms with Crippen LogP contribution in [0.5, 0.6) is 0 Å². The summed E-state index contributed by atoms with van der Waals surface area (Å²) in [5.41, 5.74) is 4.71. The van der Waals surface area contributed by atoms with E-state index >= 15 is 0 Å². The zero-order chi connectivity index (χ0) is 21.9. The largest absolute Gasteiger partial charge is 0.383 e. The number of rotatable bonds is 7. The summed E-state index contributed by atoms with van der Waals surface area (Å²) >= 11 is 1.68. The molecule has 1 aliphatic carbocycles. The minimum Gasteiger partial charge on any atom is -0.383 e. The number of hydrogen-bond donors (Lipinski definition) is 1. The maximum atomic E-state index is 13.4. The summed E-state index contributed by atoms with van der Waals surface area (Å²) in [7, 11) is 1.72. The van der Waals surface area contributed by atoms with Crippen molar-refractivity contribution in [2.45, 2.75) is 31.8 Å². The summed E-state index contributed by atoms with van der Waals surface area (Å²) in [5.74, 6) is 0. The predicted octanol–water partition coefficient (Wildman–Crippen LogP) is 4.27. The van der Waals surface area contributed by atoms with Gasteiger partial charge in [0.1, 0.15) is 4.83 Å². The topological polar surface area (TPSA) is 56.1 Å². The van der Waals surface area contributed by atoms with E-state index in [-0.39, 0.29) is 5.56 Å². The van der Waals surface area contributed by atoms with Crippen molar-refractivity contribution in [1.82, 2.24) is 14.9 Å². The van der Waals surface area contributed by atoms with Gasteiger partial charge in [-0.25, -0.2) is 4.98 Å². The molecular formula is C26H27N3O2S. The molecule has 0 aliphatic heterocycles. The van der Waals surface area contributed by atoms with Crippen molar-refractivity contribution < 1.29 is 4.74 Å². The molecule has 1 atom stereocenters. The zero-order valence-electron chi connectivity index (χ0n) is 18.2. The molecule has 0 spiro atoms. The Labute approximate surface area is 191 Å². The Balaban J connectivity index is 1.41. The number of hydrogen-bond acceptors (Lipinski definition) is 5. The number of nitrogens with one attached hydrogen (secondary N) is 1. The van der Waals surface area contributed by atoms with Gasteiger partial charge in [-0.15, -0.1) is 11.3 Å². The van der Waals surface area contributed by atoms with Crippen LogP contribution in [-0.2, 0) is 24.1 Å². The lowest BCUT2D eigenvalue weighted by Crippen LogP contribution is -2.36. The smallest absolute Gasteiger partial charge is 0.262 e. The minimum absolute atomic E-state index is 0.0726. The second-order valence-electron chi connectivity index (χ2n) is 8.31.